The lowest BCUT2D eigenvalue weighted by molar-refractivity contribution is -0.118. The van der Waals surface area contributed by atoms with Crippen LogP contribution in [0.25, 0.3) is 0 Å². The first-order valence-corrected chi connectivity index (χ1v) is 10.7. The van der Waals surface area contributed by atoms with Crippen LogP contribution in [0.3, 0.4) is 0 Å². The lowest BCUT2D eigenvalue weighted by Crippen LogP contribution is -2.36. The second-order valence-electron chi connectivity index (χ2n) is 6.86. The molecule has 3 rings (SSSR count). The van der Waals surface area contributed by atoms with Gasteiger partial charge in [0.15, 0.2) is 18.2 Å². The summed E-state index contributed by atoms with van der Waals surface area (Å²) in [5, 5.41) is 2.57. The van der Waals surface area contributed by atoms with Gasteiger partial charge in [-0.3, -0.25) is 4.79 Å². The zero-order valence-corrected chi connectivity index (χ0v) is 16.8. The van der Waals surface area contributed by atoms with E-state index < -0.39 is 34.2 Å². The van der Waals surface area contributed by atoms with Gasteiger partial charge in [-0.05, 0) is 49.6 Å². The van der Waals surface area contributed by atoms with Crippen LogP contribution in [0.5, 0.6) is 5.75 Å². The number of nitrogens with one attached hydrogen (secondary N) is 1. The topological polar surface area (TPSA) is 75.7 Å². The van der Waals surface area contributed by atoms with Crippen LogP contribution in [-0.4, -0.2) is 38.3 Å². The van der Waals surface area contributed by atoms with E-state index in [0.717, 1.165) is 31.4 Å². The Morgan fingerprint density at radius 3 is 2.48 bits per heavy atom. The fourth-order valence-corrected chi connectivity index (χ4v) is 4.88. The number of nitrogens with zero attached hydrogens (tertiary/aromatic N) is 1. The molecule has 0 radical (unpaired) electrons. The number of anilines is 1. The zero-order valence-electron chi connectivity index (χ0n) is 16.0. The summed E-state index contributed by atoms with van der Waals surface area (Å²) in [5.41, 5.74) is 0.900. The number of carbonyl (C=O) groups excluding carboxylic acids is 1. The van der Waals surface area contributed by atoms with Crippen LogP contribution in [0, 0.1) is 18.6 Å². The van der Waals surface area contributed by atoms with Crippen LogP contribution in [0.15, 0.2) is 41.3 Å². The maximum Gasteiger partial charge on any atom is 0.262 e. The Balaban J connectivity index is 1.68. The first-order chi connectivity index (χ1) is 13.8. The number of rotatable bonds is 6. The second kappa shape index (κ2) is 8.87. The molecule has 156 valence electrons. The van der Waals surface area contributed by atoms with Crippen LogP contribution in [0.4, 0.5) is 14.5 Å². The van der Waals surface area contributed by atoms with Crippen LogP contribution in [-0.2, 0) is 14.8 Å². The van der Waals surface area contributed by atoms with Crippen LogP contribution < -0.4 is 10.1 Å². The monoisotopic (exact) mass is 424 g/mol. The molecular weight excluding hydrogens is 402 g/mol. The summed E-state index contributed by atoms with van der Waals surface area (Å²) in [6, 6.07) is 7.61. The molecule has 29 heavy (non-hydrogen) atoms. The summed E-state index contributed by atoms with van der Waals surface area (Å²) in [5.74, 6) is -2.63. The number of hydrogen-bond acceptors (Lipinski definition) is 4. The average molecular weight is 424 g/mol. The summed E-state index contributed by atoms with van der Waals surface area (Å²) in [6.45, 7) is 2.24. The van der Waals surface area contributed by atoms with Gasteiger partial charge in [-0.2, -0.15) is 4.31 Å². The maximum atomic E-state index is 13.2. The van der Waals surface area contributed by atoms with Gasteiger partial charge in [-0.25, -0.2) is 17.2 Å². The van der Waals surface area contributed by atoms with Gasteiger partial charge in [0.1, 0.15) is 5.75 Å². The molecule has 0 bridgehead atoms. The Labute approximate surface area is 168 Å². The first-order valence-electron chi connectivity index (χ1n) is 9.26. The second-order valence-corrected chi connectivity index (χ2v) is 8.76. The minimum Gasteiger partial charge on any atom is -0.484 e. The average Bonchev–Trinajstić information content (AvgIpc) is 2.71. The lowest BCUT2D eigenvalue weighted by atomic mass is 10.2. The zero-order chi connectivity index (χ0) is 21.0. The fraction of sp³-hybridized carbons (Fsp3) is 0.350. The first kappa shape index (κ1) is 21.2. The number of hydrogen-bond donors (Lipinski definition) is 1. The number of carbonyl (C=O) groups is 1. The third-order valence-electron chi connectivity index (χ3n) is 4.67. The van der Waals surface area contributed by atoms with E-state index in [1.165, 1.54) is 16.4 Å². The Kier molecular flexibility index (Phi) is 6.49. The molecule has 1 saturated heterocycles. The molecule has 1 amide bonds. The van der Waals surface area contributed by atoms with E-state index in [4.69, 9.17) is 4.74 Å². The highest BCUT2D eigenvalue weighted by Gasteiger charge is 2.27. The van der Waals surface area contributed by atoms with E-state index in [9.17, 15) is 22.0 Å². The summed E-state index contributed by atoms with van der Waals surface area (Å²) in [6.07, 6.45) is 2.67. The standard InChI is InChI=1S/C20H22F2N2O4S/c1-14-5-6-15(11-19(14)29(26,27)24-9-3-2-4-10-24)23-20(25)13-28-16-7-8-17(21)18(22)12-16/h5-8,11-12H,2-4,9-10,13H2,1H3,(H,23,25). The molecule has 2 aromatic rings. The molecule has 0 unspecified atom stereocenters. The third kappa shape index (κ3) is 5.10. The number of benzene rings is 2. The molecule has 1 aliphatic heterocycles. The van der Waals surface area contributed by atoms with Crippen molar-refractivity contribution in [1.82, 2.24) is 4.31 Å². The quantitative estimate of drug-likeness (QED) is 0.771. The molecule has 2 aromatic carbocycles. The minimum atomic E-state index is -3.64. The predicted molar refractivity (Wildman–Crippen MR) is 104 cm³/mol. The van der Waals surface area contributed by atoms with Gasteiger partial charge in [-0.1, -0.05) is 12.5 Å². The minimum absolute atomic E-state index is 0.0105. The smallest absolute Gasteiger partial charge is 0.262 e. The summed E-state index contributed by atoms with van der Waals surface area (Å²) in [4.78, 5) is 12.3. The fourth-order valence-electron chi connectivity index (χ4n) is 3.11. The molecule has 0 spiro atoms. The van der Waals surface area contributed by atoms with E-state index in [-0.39, 0.29) is 10.6 Å². The van der Waals surface area contributed by atoms with E-state index >= 15 is 0 Å². The Bertz CT molecular complexity index is 1010. The Hall–Kier alpha value is -2.52. The summed E-state index contributed by atoms with van der Waals surface area (Å²) >= 11 is 0. The van der Waals surface area contributed by atoms with Crippen molar-refractivity contribution in [3.8, 4) is 5.75 Å². The van der Waals surface area contributed by atoms with Crippen LogP contribution in [0.2, 0.25) is 0 Å². The summed E-state index contributed by atoms with van der Waals surface area (Å²) < 4.78 is 58.6. The van der Waals surface area contributed by atoms with Crippen molar-refractivity contribution in [2.24, 2.45) is 0 Å². The number of piperidine rings is 1. The molecule has 1 fully saturated rings. The van der Waals surface area contributed by atoms with Gasteiger partial charge in [0.2, 0.25) is 10.0 Å². The molecule has 6 nitrogen and oxygen atoms in total. The molecular formula is C20H22F2N2O4S. The highest BCUT2D eigenvalue weighted by molar-refractivity contribution is 7.89. The molecule has 1 aliphatic rings. The molecule has 0 saturated carbocycles. The van der Waals surface area contributed by atoms with Crippen molar-refractivity contribution in [2.75, 3.05) is 25.0 Å². The van der Waals surface area contributed by atoms with Gasteiger partial charge in [-0.15, -0.1) is 0 Å². The van der Waals surface area contributed by atoms with Gasteiger partial charge < -0.3 is 10.1 Å². The highest BCUT2D eigenvalue weighted by atomic mass is 32.2. The summed E-state index contributed by atoms with van der Waals surface area (Å²) in [7, 11) is -3.64. The number of ether oxygens (including phenoxy) is 1. The van der Waals surface area contributed by atoms with E-state index in [2.05, 4.69) is 5.32 Å². The Morgan fingerprint density at radius 2 is 1.79 bits per heavy atom. The van der Waals surface area contributed by atoms with Crippen LogP contribution >= 0.6 is 0 Å². The highest BCUT2D eigenvalue weighted by Crippen LogP contribution is 2.26. The molecule has 0 aromatic heterocycles. The van der Waals surface area contributed by atoms with Crippen molar-refractivity contribution in [3.05, 3.63) is 53.6 Å². The van der Waals surface area contributed by atoms with Crippen molar-refractivity contribution in [2.45, 2.75) is 31.1 Å². The van der Waals surface area contributed by atoms with Gasteiger partial charge >= 0.3 is 0 Å². The van der Waals surface area contributed by atoms with Gasteiger partial charge in [0.05, 0.1) is 4.90 Å². The SMILES string of the molecule is Cc1ccc(NC(=O)COc2ccc(F)c(F)c2)cc1S(=O)(=O)N1CCCCC1. The van der Waals surface area contributed by atoms with Crippen LogP contribution in [0.1, 0.15) is 24.8 Å². The normalized spacial score (nSPS) is 15.1. The third-order valence-corrected chi connectivity index (χ3v) is 6.71. The molecule has 0 atom stereocenters. The molecule has 0 aliphatic carbocycles. The molecule has 1 N–H and O–H groups in total. The van der Waals surface area contributed by atoms with Crippen molar-refractivity contribution >= 4 is 21.6 Å². The van der Waals surface area contributed by atoms with Gasteiger partial charge in [0.25, 0.3) is 5.91 Å². The van der Waals surface area contributed by atoms with E-state index in [0.29, 0.717) is 24.3 Å². The number of sulfonamides is 1. The van der Waals surface area contributed by atoms with Crippen molar-refractivity contribution < 1.29 is 26.7 Å². The van der Waals surface area contributed by atoms with Crippen molar-refractivity contribution in [1.29, 1.82) is 0 Å². The van der Waals surface area contributed by atoms with Crippen molar-refractivity contribution in [3.63, 3.8) is 0 Å². The Morgan fingerprint density at radius 1 is 1.07 bits per heavy atom. The number of amides is 1. The number of aryl methyl sites for hydroxylation is 1. The maximum absolute atomic E-state index is 13.2. The van der Waals surface area contributed by atoms with E-state index in [1.807, 2.05) is 0 Å². The van der Waals surface area contributed by atoms with E-state index in [1.54, 1.807) is 19.1 Å². The molecule has 9 heteroatoms. The lowest BCUT2D eigenvalue weighted by Gasteiger charge is -2.26. The number of halogens is 2. The molecule has 1 heterocycles. The van der Waals surface area contributed by atoms with Gasteiger partial charge in [0, 0.05) is 24.8 Å². The predicted octanol–water partition coefficient (Wildman–Crippen LogP) is 3.47. The largest absolute Gasteiger partial charge is 0.484 e.